The summed E-state index contributed by atoms with van der Waals surface area (Å²) < 4.78 is 14.0. The van der Waals surface area contributed by atoms with Crippen molar-refractivity contribution in [3.05, 3.63) is 15.4 Å². The summed E-state index contributed by atoms with van der Waals surface area (Å²) in [6.45, 7) is 10.0. The van der Waals surface area contributed by atoms with Gasteiger partial charge >= 0.3 is 0 Å². The summed E-state index contributed by atoms with van der Waals surface area (Å²) in [5, 5.41) is 8.26. The second-order valence-corrected chi connectivity index (χ2v) is 7.45. The Labute approximate surface area is 117 Å². The number of fused-ring (bicyclic) bond motifs is 1. The predicted molar refractivity (Wildman–Crippen MR) is 74.3 cm³/mol. The minimum atomic E-state index is -0.326. The first kappa shape index (κ1) is 13.3. The van der Waals surface area contributed by atoms with E-state index < -0.39 is 0 Å². The maximum Gasteiger partial charge on any atom is 0.182 e. The highest BCUT2D eigenvalue weighted by atomic mass is 32.1. The first-order valence-electron chi connectivity index (χ1n) is 6.92. The molecule has 1 aromatic heterocycles. The van der Waals surface area contributed by atoms with Gasteiger partial charge in [0.15, 0.2) is 4.80 Å². The fraction of sp³-hybridized carbons (Fsp3) is 0.786. The van der Waals surface area contributed by atoms with Crippen LogP contribution in [0.2, 0.25) is 0 Å². The number of nitrogens with zero attached hydrogens (tertiary/aromatic N) is 1. The topological polar surface area (TPSA) is 47.2 Å². The second-order valence-electron chi connectivity index (χ2n) is 6.45. The van der Waals surface area contributed by atoms with Crippen LogP contribution in [0.15, 0.2) is 0 Å². The molecule has 1 N–H and O–H groups in total. The van der Waals surface area contributed by atoms with Gasteiger partial charge < -0.3 is 14.0 Å². The van der Waals surface area contributed by atoms with Crippen molar-refractivity contribution in [3.63, 3.8) is 0 Å². The zero-order chi connectivity index (χ0) is 13.8. The van der Waals surface area contributed by atoms with E-state index in [1.807, 2.05) is 0 Å². The Morgan fingerprint density at radius 3 is 2.68 bits per heavy atom. The van der Waals surface area contributed by atoms with Crippen LogP contribution in [0.3, 0.4) is 0 Å². The minimum Gasteiger partial charge on any atom is -0.376 e. The average molecular weight is 282 g/mol. The van der Waals surface area contributed by atoms with E-state index in [0.29, 0.717) is 4.80 Å². The summed E-state index contributed by atoms with van der Waals surface area (Å²) in [5.41, 5.74) is 0.553. The highest BCUT2D eigenvalue weighted by Gasteiger charge is 2.47. The van der Waals surface area contributed by atoms with Gasteiger partial charge in [0, 0.05) is 6.61 Å². The molecule has 3 heterocycles. The number of hydrogen-bond donors (Lipinski definition) is 1. The van der Waals surface area contributed by atoms with E-state index in [-0.39, 0.29) is 17.3 Å². The SMILES string of the molecule is CC1(C)OC(C)(C)c2c1sc(=N)n2C[C@H]1CCCO1. The van der Waals surface area contributed by atoms with E-state index in [4.69, 9.17) is 14.9 Å². The zero-order valence-electron chi connectivity index (χ0n) is 12.1. The van der Waals surface area contributed by atoms with Gasteiger partial charge in [0.25, 0.3) is 0 Å². The first-order valence-corrected chi connectivity index (χ1v) is 7.74. The van der Waals surface area contributed by atoms with Gasteiger partial charge in [0.1, 0.15) is 5.60 Å². The van der Waals surface area contributed by atoms with Gasteiger partial charge in [-0.05, 0) is 40.5 Å². The van der Waals surface area contributed by atoms with E-state index in [1.54, 1.807) is 11.3 Å². The number of hydrogen-bond acceptors (Lipinski definition) is 4. The van der Waals surface area contributed by atoms with Gasteiger partial charge in [-0.25, -0.2) is 0 Å². The fourth-order valence-corrected chi connectivity index (χ4v) is 4.54. The molecule has 0 saturated carbocycles. The van der Waals surface area contributed by atoms with E-state index in [2.05, 4.69) is 32.3 Å². The van der Waals surface area contributed by atoms with Crippen LogP contribution in [0, 0.1) is 5.41 Å². The van der Waals surface area contributed by atoms with Gasteiger partial charge in [0.05, 0.1) is 28.8 Å². The molecule has 3 rings (SSSR count). The van der Waals surface area contributed by atoms with Crippen LogP contribution in [0.5, 0.6) is 0 Å². The molecule has 1 fully saturated rings. The lowest BCUT2D eigenvalue weighted by Crippen LogP contribution is -2.31. The zero-order valence-corrected chi connectivity index (χ0v) is 12.9. The summed E-state index contributed by atoms with van der Waals surface area (Å²) in [6, 6.07) is 0. The summed E-state index contributed by atoms with van der Waals surface area (Å²) in [6.07, 6.45) is 2.49. The average Bonchev–Trinajstić information content (AvgIpc) is 2.90. The standard InChI is InChI=1S/C14H22N2O2S/c1-13(2)10-11(14(3,4)18-13)19-12(15)16(10)8-9-6-5-7-17-9/h9,15H,5-8H2,1-4H3/t9-/m1/s1. The highest BCUT2D eigenvalue weighted by Crippen LogP contribution is 2.48. The van der Waals surface area contributed by atoms with Crippen LogP contribution in [0.1, 0.15) is 51.1 Å². The molecule has 0 bridgehead atoms. The molecule has 0 amide bonds. The number of ether oxygens (including phenoxy) is 2. The minimum absolute atomic E-state index is 0.257. The molecule has 19 heavy (non-hydrogen) atoms. The monoisotopic (exact) mass is 282 g/mol. The molecule has 0 unspecified atom stereocenters. The Bertz CT molecular complexity index is 550. The maximum atomic E-state index is 8.26. The molecule has 106 valence electrons. The molecule has 1 aromatic rings. The molecule has 2 aliphatic rings. The third-order valence-corrected chi connectivity index (χ3v) is 5.27. The smallest absolute Gasteiger partial charge is 0.182 e. The van der Waals surface area contributed by atoms with Gasteiger partial charge in [-0.3, -0.25) is 5.41 Å². The molecular weight excluding hydrogens is 260 g/mol. The van der Waals surface area contributed by atoms with Crippen LogP contribution in [0.25, 0.3) is 0 Å². The normalized spacial score (nSPS) is 27.7. The fourth-order valence-electron chi connectivity index (χ4n) is 3.33. The first-order chi connectivity index (χ1) is 8.81. The third kappa shape index (κ3) is 2.08. The van der Waals surface area contributed by atoms with Crippen LogP contribution in [0.4, 0.5) is 0 Å². The molecule has 4 nitrogen and oxygen atoms in total. The Hall–Kier alpha value is -0.650. The largest absolute Gasteiger partial charge is 0.376 e. The molecule has 0 spiro atoms. The molecule has 2 aliphatic heterocycles. The number of aromatic nitrogens is 1. The van der Waals surface area contributed by atoms with E-state index in [9.17, 15) is 0 Å². The van der Waals surface area contributed by atoms with Crippen molar-refractivity contribution in [1.82, 2.24) is 4.57 Å². The van der Waals surface area contributed by atoms with Crippen molar-refractivity contribution in [2.45, 2.75) is 64.4 Å². The lowest BCUT2D eigenvalue weighted by atomic mass is 10.0. The number of nitrogens with one attached hydrogen (secondary N) is 1. The van der Waals surface area contributed by atoms with Crippen LogP contribution >= 0.6 is 11.3 Å². The molecule has 1 atom stereocenters. The lowest BCUT2D eigenvalue weighted by Gasteiger charge is -2.26. The Balaban J connectivity index is 2.04. The van der Waals surface area contributed by atoms with Crippen LogP contribution < -0.4 is 4.80 Å². The summed E-state index contributed by atoms with van der Waals surface area (Å²) in [5.74, 6) is 0. The summed E-state index contributed by atoms with van der Waals surface area (Å²) >= 11 is 1.55. The van der Waals surface area contributed by atoms with Crippen molar-refractivity contribution >= 4 is 11.3 Å². The predicted octanol–water partition coefficient (Wildman–Crippen LogP) is 2.71. The Kier molecular flexibility index (Phi) is 2.93. The Morgan fingerprint density at radius 1 is 1.32 bits per heavy atom. The summed E-state index contributed by atoms with van der Waals surface area (Å²) in [7, 11) is 0. The van der Waals surface area contributed by atoms with E-state index in [0.717, 1.165) is 26.0 Å². The quantitative estimate of drug-likeness (QED) is 0.906. The van der Waals surface area contributed by atoms with Gasteiger partial charge in [0.2, 0.25) is 0 Å². The molecule has 5 heteroatoms. The van der Waals surface area contributed by atoms with Crippen LogP contribution in [-0.2, 0) is 27.2 Å². The van der Waals surface area contributed by atoms with E-state index in [1.165, 1.54) is 10.6 Å². The molecule has 0 aliphatic carbocycles. The highest BCUT2D eigenvalue weighted by molar-refractivity contribution is 7.09. The molecular formula is C14H22N2O2S. The maximum absolute atomic E-state index is 8.26. The number of rotatable bonds is 2. The van der Waals surface area contributed by atoms with Crippen molar-refractivity contribution in [2.24, 2.45) is 0 Å². The summed E-state index contributed by atoms with van der Waals surface area (Å²) in [4.78, 5) is 1.81. The lowest BCUT2D eigenvalue weighted by molar-refractivity contribution is -0.107. The Morgan fingerprint density at radius 2 is 2.05 bits per heavy atom. The van der Waals surface area contributed by atoms with E-state index >= 15 is 0 Å². The third-order valence-electron chi connectivity index (χ3n) is 3.97. The van der Waals surface area contributed by atoms with Gasteiger partial charge in [-0.2, -0.15) is 0 Å². The molecule has 1 saturated heterocycles. The van der Waals surface area contributed by atoms with Crippen molar-refractivity contribution in [1.29, 1.82) is 5.41 Å². The molecule has 0 aromatic carbocycles. The van der Waals surface area contributed by atoms with Crippen LogP contribution in [-0.4, -0.2) is 17.3 Å². The molecule has 0 radical (unpaired) electrons. The van der Waals surface area contributed by atoms with Gasteiger partial charge in [-0.1, -0.05) is 11.3 Å². The van der Waals surface area contributed by atoms with Gasteiger partial charge in [-0.15, -0.1) is 0 Å². The number of thiazole rings is 1. The van der Waals surface area contributed by atoms with Crippen molar-refractivity contribution in [2.75, 3.05) is 6.61 Å². The van der Waals surface area contributed by atoms with Crippen molar-refractivity contribution in [3.8, 4) is 0 Å². The second kappa shape index (κ2) is 4.17. The van der Waals surface area contributed by atoms with Crippen molar-refractivity contribution < 1.29 is 9.47 Å².